The predicted molar refractivity (Wildman–Crippen MR) is 74.3 cm³/mol. The maximum Gasteiger partial charge on any atom is 0.254 e. The number of nitrogens with one attached hydrogen (secondary N) is 1. The van der Waals surface area contributed by atoms with Crippen LogP contribution in [0.3, 0.4) is 0 Å². The van der Waals surface area contributed by atoms with Crippen LogP contribution in [0, 0.1) is 19.3 Å². The van der Waals surface area contributed by atoms with Crippen LogP contribution in [0.1, 0.15) is 48.6 Å². The van der Waals surface area contributed by atoms with Crippen molar-refractivity contribution in [1.29, 1.82) is 0 Å². The average Bonchev–Trinajstić information content (AvgIpc) is 2.63. The molecule has 0 aliphatic rings. The van der Waals surface area contributed by atoms with Crippen molar-refractivity contribution in [3.8, 4) is 0 Å². The molecule has 0 unspecified atom stereocenters. The van der Waals surface area contributed by atoms with Crippen molar-refractivity contribution in [3.63, 3.8) is 0 Å². The van der Waals surface area contributed by atoms with Gasteiger partial charge in [-0.2, -0.15) is 0 Å². The van der Waals surface area contributed by atoms with Gasteiger partial charge in [0.1, 0.15) is 11.5 Å². The number of aryl methyl sites for hydroxylation is 2. The SMILES string of the molecule is Cc1cc(C(=O)NCC(C)(C)CCCCl)c(C)o1. The fraction of sp³-hybridized carbons (Fsp3) is 0.643. The van der Waals surface area contributed by atoms with Crippen LogP contribution >= 0.6 is 11.6 Å². The van der Waals surface area contributed by atoms with E-state index < -0.39 is 0 Å². The van der Waals surface area contributed by atoms with Crippen LogP contribution in [0.25, 0.3) is 0 Å². The molecule has 1 rings (SSSR count). The molecule has 102 valence electrons. The van der Waals surface area contributed by atoms with Crippen LogP contribution in [0.5, 0.6) is 0 Å². The molecule has 1 aromatic heterocycles. The minimum atomic E-state index is -0.0664. The Balaban J connectivity index is 2.53. The van der Waals surface area contributed by atoms with Crippen LogP contribution in [-0.2, 0) is 0 Å². The van der Waals surface area contributed by atoms with E-state index in [2.05, 4.69) is 19.2 Å². The van der Waals surface area contributed by atoms with Crippen molar-refractivity contribution in [2.75, 3.05) is 12.4 Å². The Hall–Kier alpha value is -0.960. The first-order valence-corrected chi connectivity index (χ1v) is 6.80. The molecule has 1 amide bonds. The Morgan fingerprint density at radius 2 is 2.11 bits per heavy atom. The summed E-state index contributed by atoms with van der Waals surface area (Å²) < 4.78 is 5.35. The maximum atomic E-state index is 12.0. The maximum absolute atomic E-state index is 12.0. The van der Waals surface area contributed by atoms with E-state index >= 15 is 0 Å². The molecule has 0 aliphatic heterocycles. The van der Waals surface area contributed by atoms with Crippen molar-refractivity contribution >= 4 is 17.5 Å². The third-order valence-corrected chi connectivity index (χ3v) is 3.27. The van der Waals surface area contributed by atoms with Crippen molar-refractivity contribution in [2.24, 2.45) is 5.41 Å². The first-order valence-electron chi connectivity index (χ1n) is 6.27. The Morgan fingerprint density at radius 1 is 1.44 bits per heavy atom. The number of alkyl halides is 1. The Labute approximate surface area is 114 Å². The molecule has 0 aliphatic carbocycles. The highest BCUT2D eigenvalue weighted by atomic mass is 35.5. The topological polar surface area (TPSA) is 42.2 Å². The molecule has 0 fully saturated rings. The lowest BCUT2D eigenvalue weighted by Gasteiger charge is -2.24. The van der Waals surface area contributed by atoms with E-state index in [1.807, 2.05) is 6.92 Å². The van der Waals surface area contributed by atoms with E-state index in [1.165, 1.54) is 0 Å². The van der Waals surface area contributed by atoms with Gasteiger partial charge < -0.3 is 9.73 Å². The summed E-state index contributed by atoms with van der Waals surface area (Å²) in [6.07, 6.45) is 1.97. The number of carbonyl (C=O) groups is 1. The number of halogens is 1. The van der Waals surface area contributed by atoms with Gasteiger partial charge in [0, 0.05) is 12.4 Å². The summed E-state index contributed by atoms with van der Waals surface area (Å²) in [4.78, 5) is 12.0. The van der Waals surface area contributed by atoms with Gasteiger partial charge >= 0.3 is 0 Å². The first-order chi connectivity index (χ1) is 8.35. The monoisotopic (exact) mass is 271 g/mol. The van der Waals surface area contributed by atoms with Crippen LogP contribution in [0.15, 0.2) is 10.5 Å². The molecule has 18 heavy (non-hydrogen) atoms. The Bertz CT molecular complexity index is 410. The lowest BCUT2D eigenvalue weighted by Crippen LogP contribution is -2.34. The van der Waals surface area contributed by atoms with Crippen LogP contribution < -0.4 is 5.32 Å². The summed E-state index contributed by atoms with van der Waals surface area (Å²) in [6.45, 7) is 8.56. The smallest absolute Gasteiger partial charge is 0.254 e. The molecule has 0 spiro atoms. The van der Waals surface area contributed by atoms with Crippen LogP contribution in [-0.4, -0.2) is 18.3 Å². The summed E-state index contributed by atoms with van der Waals surface area (Å²) in [5.41, 5.74) is 0.692. The molecule has 1 N–H and O–H groups in total. The van der Waals surface area contributed by atoms with Crippen molar-refractivity contribution in [3.05, 3.63) is 23.2 Å². The zero-order valence-electron chi connectivity index (χ0n) is 11.6. The quantitative estimate of drug-likeness (QED) is 0.802. The summed E-state index contributed by atoms with van der Waals surface area (Å²) in [6, 6.07) is 1.77. The number of furan rings is 1. The lowest BCUT2D eigenvalue weighted by molar-refractivity contribution is 0.0933. The van der Waals surface area contributed by atoms with E-state index in [-0.39, 0.29) is 11.3 Å². The fourth-order valence-electron chi connectivity index (χ4n) is 1.90. The number of carbonyl (C=O) groups excluding carboxylic acids is 1. The third kappa shape index (κ3) is 4.37. The van der Waals surface area contributed by atoms with Gasteiger partial charge in [0.15, 0.2) is 0 Å². The third-order valence-electron chi connectivity index (χ3n) is 3.00. The number of amides is 1. The molecule has 1 aromatic rings. The average molecular weight is 272 g/mol. The molecule has 0 bridgehead atoms. The summed E-state index contributed by atoms with van der Waals surface area (Å²) >= 11 is 5.69. The number of hydrogen-bond donors (Lipinski definition) is 1. The highest BCUT2D eigenvalue weighted by Gasteiger charge is 2.20. The molecule has 4 heteroatoms. The van der Waals surface area contributed by atoms with Gasteiger partial charge in [0.2, 0.25) is 0 Å². The largest absolute Gasteiger partial charge is 0.466 e. The van der Waals surface area contributed by atoms with Gasteiger partial charge in [-0.15, -0.1) is 11.6 Å². The molecule has 3 nitrogen and oxygen atoms in total. The Morgan fingerprint density at radius 3 is 2.61 bits per heavy atom. The van der Waals surface area contributed by atoms with E-state index in [1.54, 1.807) is 13.0 Å². The summed E-state index contributed by atoms with van der Waals surface area (Å²) in [5, 5.41) is 2.96. The summed E-state index contributed by atoms with van der Waals surface area (Å²) in [5.74, 6) is 2.03. The van der Waals surface area contributed by atoms with Crippen molar-refractivity contribution in [1.82, 2.24) is 5.32 Å². The molecule has 0 saturated heterocycles. The van der Waals surface area contributed by atoms with E-state index in [0.29, 0.717) is 23.7 Å². The van der Waals surface area contributed by atoms with E-state index in [9.17, 15) is 4.79 Å². The van der Waals surface area contributed by atoms with Gasteiger partial charge in [0.25, 0.3) is 5.91 Å². The van der Waals surface area contributed by atoms with Crippen LogP contribution in [0.4, 0.5) is 0 Å². The molecular weight excluding hydrogens is 250 g/mol. The lowest BCUT2D eigenvalue weighted by atomic mass is 9.88. The second kappa shape index (κ2) is 6.28. The van der Waals surface area contributed by atoms with Gasteiger partial charge in [-0.1, -0.05) is 13.8 Å². The van der Waals surface area contributed by atoms with Crippen molar-refractivity contribution in [2.45, 2.75) is 40.5 Å². The zero-order valence-corrected chi connectivity index (χ0v) is 12.4. The predicted octanol–water partition coefficient (Wildman–Crippen LogP) is 3.67. The van der Waals surface area contributed by atoms with Gasteiger partial charge in [0.05, 0.1) is 5.56 Å². The number of hydrogen-bond acceptors (Lipinski definition) is 2. The first kappa shape index (κ1) is 15.1. The molecule has 0 saturated carbocycles. The molecule has 0 aromatic carbocycles. The molecular formula is C14H22ClNO2. The van der Waals surface area contributed by atoms with Gasteiger partial charge in [-0.05, 0) is 38.2 Å². The number of rotatable bonds is 6. The highest BCUT2D eigenvalue weighted by Crippen LogP contribution is 2.22. The molecule has 0 radical (unpaired) electrons. The van der Waals surface area contributed by atoms with E-state index in [4.69, 9.17) is 16.0 Å². The van der Waals surface area contributed by atoms with E-state index in [0.717, 1.165) is 18.6 Å². The molecule has 1 heterocycles. The standard InChI is InChI=1S/C14H22ClNO2/c1-10-8-12(11(2)18-10)13(17)16-9-14(3,4)6-5-7-15/h8H,5-7,9H2,1-4H3,(H,16,17). The van der Waals surface area contributed by atoms with Gasteiger partial charge in [-0.3, -0.25) is 4.79 Å². The normalized spacial score (nSPS) is 11.6. The summed E-state index contributed by atoms with van der Waals surface area (Å²) in [7, 11) is 0. The fourth-order valence-corrected chi connectivity index (χ4v) is 2.04. The zero-order chi connectivity index (χ0) is 13.8. The van der Waals surface area contributed by atoms with Crippen molar-refractivity contribution < 1.29 is 9.21 Å². The molecule has 0 atom stereocenters. The second-order valence-corrected chi connectivity index (χ2v) is 5.84. The van der Waals surface area contributed by atoms with Gasteiger partial charge in [-0.25, -0.2) is 0 Å². The minimum absolute atomic E-state index is 0.0664. The minimum Gasteiger partial charge on any atom is -0.466 e. The van der Waals surface area contributed by atoms with Crippen LogP contribution in [0.2, 0.25) is 0 Å². The second-order valence-electron chi connectivity index (χ2n) is 5.47. The highest BCUT2D eigenvalue weighted by molar-refractivity contribution is 6.17. The Kier molecular flexibility index (Phi) is 5.27.